The zero-order valence-electron chi connectivity index (χ0n) is 19.2. The third-order valence-electron chi connectivity index (χ3n) is 5.56. The van der Waals surface area contributed by atoms with Crippen LogP contribution in [0.5, 0.6) is 5.88 Å². The number of primary amides is 1. The van der Waals surface area contributed by atoms with Crippen molar-refractivity contribution in [3.8, 4) is 17.0 Å². The second-order valence-electron chi connectivity index (χ2n) is 8.05. The Balaban J connectivity index is 1.75. The molecular weight excluding hydrogens is 462 g/mol. The highest BCUT2D eigenvalue weighted by molar-refractivity contribution is 7.90. The van der Waals surface area contributed by atoms with Crippen molar-refractivity contribution >= 4 is 15.9 Å². The molecule has 4 aromatic rings. The van der Waals surface area contributed by atoms with Gasteiger partial charge in [-0.25, -0.2) is 8.42 Å². The van der Waals surface area contributed by atoms with E-state index in [9.17, 15) is 13.2 Å². The summed E-state index contributed by atoms with van der Waals surface area (Å²) < 4.78 is 34.0. The molecule has 7 nitrogen and oxygen atoms in total. The molecule has 8 heteroatoms. The van der Waals surface area contributed by atoms with Crippen LogP contribution >= 0.6 is 0 Å². The molecule has 0 aliphatic carbocycles. The molecule has 0 fully saturated rings. The van der Waals surface area contributed by atoms with E-state index in [1.807, 2.05) is 49.4 Å². The maximum Gasteiger partial charge on any atom is 0.264 e. The molecule has 0 saturated carbocycles. The van der Waals surface area contributed by atoms with Gasteiger partial charge in [0.25, 0.3) is 10.0 Å². The number of benzene rings is 3. The van der Waals surface area contributed by atoms with Crippen molar-refractivity contribution in [2.24, 2.45) is 5.73 Å². The molecule has 3 aromatic carbocycles. The van der Waals surface area contributed by atoms with Gasteiger partial charge in [-0.1, -0.05) is 78.4 Å². The van der Waals surface area contributed by atoms with Crippen LogP contribution in [0.25, 0.3) is 11.1 Å². The predicted molar refractivity (Wildman–Crippen MR) is 135 cm³/mol. The minimum absolute atomic E-state index is 0.149. The second kappa shape index (κ2) is 9.99. The van der Waals surface area contributed by atoms with Gasteiger partial charge in [-0.2, -0.15) is 4.09 Å². The SMILES string of the molecule is C=CC(c1ccc(C)cc1)S(=O)(=O)n1cc(-c2ccc(C(N)=O)cc2)c(OCc2ccccc2)n1. The first-order valence-electron chi connectivity index (χ1n) is 10.9. The van der Waals surface area contributed by atoms with Crippen LogP contribution in [-0.2, 0) is 16.6 Å². The average Bonchev–Trinajstić information content (AvgIpc) is 3.30. The maximum absolute atomic E-state index is 13.6. The third-order valence-corrected chi connectivity index (χ3v) is 7.37. The highest BCUT2D eigenvalue weighted by atomic mass is 32.2. The third kappa shape index (κ3) is 5.17. The summed E-state index contributed by atoms with van der Waals surface area (Å²) >= 11 is 0. The van der Waals surface area contributed by atoms with Crippen molar-refractivity contribution in [3.63, 3.8) is 0 Å². The first-order valence-corrected chi connectivity index (χ1v) is 12.4. The fourth-order valence-electron chi connectivity index (χ4n) is 3.62. The normalized spacial score (nSPS) is 12.1. The summed E-state index contributed by atoms with van der Waals surface area (Å²) in [6, 6.07) is 23.2. The van der Waals surface area contributed by atoms with Crippen molar-refractivity contribution in [3.05, 3.63) is 120 Å². The maximum atomic E-state index is 13.6. The molecule has 35 heavy (non-hydrogen) atoms. The molecule has 0 bridgehead atoms. The lowest BCUT2D eigenvalue weighted by atomic mass is 10.1. The number of carbonyl (C=O) groups is 1. The van der Waals surface area contributed by atoms with E-state index in [0.717, 1.165) is 15.2 Å². The quantitative estimate of drug-likeness (QED) is 0.346. The van der Waals surface area contributed by atoms with Crippen LogP contribution < -0.4 is 10.5 Å². The number of nitrogens with zero attached hydrogens (tertiary/aromatic N) is 2. The molecule has 0 aliphatic rings. The number of aromatic nitrogens is 2. The molecule has 1 unspecified atom stereocenters. The molecular formula is C27H25N3O4S. The van der Waals surface area contributed by atoms with Crippen molar-refractivity contribution in [1.29, 1.82) is 0 Å². The Morgan fingerprint density at radius 3 is 2.31 bits per heavy atom. The van der Waals surface area contributed by atoms with Gasteiger partial charge in [0.2, 0.25) is 11.8 Å². The van der Waals surface area contributed by atoms with Crippen LogP contribution in [0.15, 0.2) is 97.7 Å². The van der Waals surface area contributed by atoms with Gasteiger partial charge in [-0.15, -0.1) is 11.7 Å². The molecule has 2 N–H and O–H groups in total. The zero-order valence-corrected chi connectivity index (χ0v) is 20.0. The molecule has 0 aliphatic heterocycles. The largest absolute Gasteiger partial charge is 0.471 e. The number of aryl methyl sites for hydroxylation is 1. The molecule has 1 amide bonds. The summed E-state index contributed by atoms with van der Waals surface area (Å²) in [5.41, 5.74) is 9.29. The lowest BCUT2D eigenvalue weighted by Gasteiger charge is -2.14. The standard InChI is InChI=1S/C27H25N3O4S/c1-3-25(22-11-9-19(2)10-12-22)35(32,33)30-17-24(21-13-15-23(16-14-21)26(28)31)27(29-30)34-18-20-7-5-4-6-8-20/h3-17,25H,1,18H2,2H3,(H2,28,31). The van der Waals surface area contributed by atoms with E-state index in [1.54, 1.807) is 36.4 Å². The van der Waals surface area contributed by atoms with Crippen LogP contribution in [0.2, 0.25) is 0 Å². The molecule has 178 valence electrons. The predicted octanol–water partition coefficient (Wildman–Crippen LogP) is 4.64. The van der Waals surface area contributed by atoms with E-state index >= 15 is 0 Å². The van der Waals surface area contributed by atoms with Crippen molar-refractivity contribution < 1.29 is 17.9 Å². The molecule has 4 rings (SSSR count). The summed E-state index contributed by atoms with van der Waals surface area (Å²) in [5, 5.41) is 3.31. The first-order chi connectivity index (χ1) is 16.8. The zero-order chi connectivity index (χ0) is 25.0. The number of carbonyl (C=O) groups excluding carboxylic acids is 1. The van der Waals surface area contributed by atoms with E-state index in [2.05, 4.69) is 11.7 Å². The highest BCUT2D eigenvalue weighted by Crippen LogP contribution is 2.33. The van der Waals surface area contributed by atoms with Gasteiger partial charge in [0.05, 0.1) is 11.8 Å². The van der Waals surface area contributed by atoms with Crippen molar-refractivity contribution in [2.75, 3.05) is 0 Å². The Morgan fingerprint density at radius 1 is 1.06 bits per heavy atom. The summed E-state index contributed by atoms with van der Waals surface area (Å²) in [5.74, 6) is -0.404. The van der Waals surface area contributed by atoms with Crippen LogP contribution in [0, 0.1) is 6.92 Å². The Hall–Kier alpha value is -4.17. The van der Waals surface area contributed by atoms with Crippen LogP contribution in [-0.4, -0.2) is 23.5 Å². The number of hydrogen-bond donors (Lipinski definition) is 1. The topological polar surface area (TPSA) is 104 Å². The molecule has 0 radical (unpaired) electrons. The first kappa shape index (κ1) is 24.0. The van der Waals surface area contributed by atoms with Crippen LogP contribution in [0.1, 0.15) is 32.3 Å². The van der Waals surface area contributed by atoms with E-state index in [0.29, 0.717) is 22.3 Å². The Morgan fingerprint density at radius 2 is 1.71 bits per heavy atom. The summed E-state index contributed by atoms with van der Waals surface area (Å²) in [6.07, 6.45) is 2.80. The molecule has 1 atom stereocenters. The molecule has 0 saturated heterocycles. The van der Waals surface area contributed by atoms with E-state index < -0.39 is 21.2 Å². The van der Waals surface area contributed by atoms with Gasteiger partial charge < -0.3 is 10.5 Å². The monoisotopic (exact) mass is 487 g/mol. The minimum Gasteiger partial charge on any atom is -0.471 e. The van der Waals surface area contributed by atoms with Gasteiger partial charge in [0.1, 0.15) is 11.9 Å². The fraction of sp³-hybridized carbons (Fsp3) is 0.111. The van der Waals surface area contributed by atoms with Gasteiger partial charge in [-0.3, -0.25) is 4.79 Å². The van der Waals surface area contributed by atoms with Crippen LogP contribution in [0.4, 0.5) is 0 Å². The average molecular weight is 488 g/mol. The molecule has 0 spiro atoms. The van der Waals surface area contributed by atoms with Crippen molar-refractivity contribution in [1.82, 2.24) is 9.19 Å². The van der Waals surface area contributed by atoms with Gasteiger partial charge in [-0.05, 0) is 35.7 Å². The van der Waals surface area contributed by atoms with Crippen LogP contribution in [0.3, 0.4) is 0 Å². The Labute approximate surface area is 204 Å². The van der Waals surface area contributed by atoms with Crippen molar-refractivity contribution in [2.45, 2.75) is 18.8 Å². The summed E-state index contributed by atoms with van der Waals surface area (Å²) in [6.45, 7) is 5.88. The number of nitrogens with two attached hydrogens (primary N) is 1. The molecule has 1 aromatic heterocycles. The highest BCUT2D eigenvalue weighted by Gasteiger charge is 2.29. The summed E-state index contributed by atoms with van der Waals surface area (Å²) in [4.78, 5) is 11.5. The lowest BCUT2D eigenvalue weighted by molar-refractivity contribution is 0.100. The van der Waals surface area contributed by atoms with E-state index in [-0.39, 0.29) is 12.5 Å². The number of ether oxygens (including phenoxy) is 1. The summed E-state index contributed by atoms with van der Waals surface area (Å²) in [7, 11) is -4.00. The smallest absolute Gasteiger partial charge is 0.264 e. The van der Waals surface area contributed by atoms with Gasteiger partial charge in [0, 0.05) is 5.56 Å². The number of amides is 1. The second-order valence-corrected chi connectivity index (χ2v) is 9.96. The lowest BCUT2D eigenvalue weighted by Crippen LogP contribution is -2.20. The van der Waals surface area contributed by atoms with Gasteiger partial charge in [0.15, 0.2) is 0 Å². The van der Waals surface area contributed by atoms with E-state index in [4.69, 9.17) is 10.5 Å². The van der Waals surface area contributed by atoms with Gasteiger partial charge >= 0.3 is 0 Å². The number of hydrogen-bond acceptors (Lipinski definition) is 5. The van der Waals surface area contributed by atoms with E-state index in [1.165, 1.54) is 12.3 Å². The number of rotatable bonds is 9. The minimum atomic E-state index is -4.00. The Kier molecular flexibility index (Phi) is 6.84. The Bertz CT molecular complexity index is 1440. The fourth-order valence-corrected chi connectivity index (χ4v) is 5.03. The molecule has 1 heterocycles.